The van der Waals surface area contributed by atoms with Crippen molar-refractivity contribution in [1.82, 2.24) is 4.72 Å². The van der Waals surface area contributed by atoms with Gasteiger partial charge in [-0.15, -0.1) is 5.92 Å². The Morgan fingerprint density at radius 2 is 1.31 bits per heavy atom. The van der Waals surface area contributed by atoms with Gasteiger partial charge in [-0.3, -0.25) is 5.82 Å². The third-order valence-corrected chi connectivity index (χ3v) is 5.73. The number of hydrogen-bond donors (Lipinski definition) is 0. The lowest BCUT2D eigenvalue weighted by atomic mass is 9.34. The molecule has 0 radical (unpaired) electrons. The van der Waals surface area contributed by atoms with E-state index in [1.54, 1.807) is 0 Å². The monoisotopic (exact) mass is 378 g/mol. The molecule has 0 aliphatic carbocycles. The summed E-state index contributed by atoms with van der Waals surface area (Å²) in [5.41, 5.74) is 3.52. The van der Waals surface area contributed by atoms with Crippen molar-refractivity contribution >= 4 is 13.3 Å². The Morgan fingerprint density at radius 3 is 1.90 bits per heavy atom. The lowest BCUT2D eigenvalue weighted by Gasteiger charge is -2.45. The molecule has 4 heteroatoms. The lowest BCUT2D eigenvalue weighted by Crippen LogP contribution is -2.53. The summed E-state index contributed by atoms with van der Waals surface area (Å²) in [6.45, 7) is 6.64. The quantitative estimate of drug-likeness (QED) is 0.427. The van der Waals surface area contributed by atoms with Crippen LogP contribution in [0.2, 0.25) is 20.5 Å². The summed E-state index contributed by atoms with van der Waals surface area (Å²) in [6, 6.07) is 31.5. The third kappa shape index (κ3) is 4.17. The van der Waals surface area contributed by atoms with Gasteiger partial charge in [-0.25, -0.2) is 0 Å². The van der Waals surface area contributed by atoms with Crippen molar-refractivity contribution in [2.45, 2.75) is 32.6 Å². The molecule has 144 valence electrons. The predicted molar refractivity (Wildman–Crippen MR) is 124 cm³/mol. The zero-order valence-electron chi connectivity index (χ0n) is 17.3. The second-order valence-corrected chi connectivity index (χ2v) is 8.30. The lowest BCUT2D eigenvalue weighted by molar-refractivity contribution is 0.208. The van der Waals surface area contributed by atoms with Gasteiger partial charge in [0.2, 0.25) is 0 Å². The summed E-state index contributed by atoms with van der Waals surface area (Å²) in [5, 5.41) is 0. The van der Waals surface area contributed by atoms with E-state index >= 15 is 0 Å². The van der Waals surface area contributed by atoms with Crippen molar-refractivity contribution in [3.05, 3.63) is 108 Å². The van der Waals surface area contributed by atoms with Crippen molar-refractivity contribution in [1.29, 1.82) is 0 Å². The molecule has 0 saturated carbocycles. The Bertz CT molecular complexity index is 997. The molecule has 1 aliphatic heterocycles. The fraction of sp³-hybridized carbons (Fsp3) is 0.200. The molecule has 1 saturated heterocycles. The van der Waals surface area contributed by atoms with Crippen LogP contribution in [0.15, 0.2) is 91.0 Å². The van der Waals surface area contributed by atoms with E-state index in [-0.39, 0.29) is 19.2 Å². The molecule has 1 aliphatic rings. The molecule has 2 nitrogen and oxygen atoms in total. The van der Waals surface area contributed by atoms with Gasteiger partial charge in [0.15, 0.2) is 0 Å². The number of benzene rings is 3. The summed E-state index contributed by atoms with van der Waals surface area (Å²) in [6.07, 6.45) is -1.16. The zero-order chi connectivity index (χ0) is 20.3. The van der Waals surface area contributed by atoms with E-state index in [1.807, 2.05) is 18.2 Å². The molecule has 29 heavy (non-hydrogen) atoms. The number of hydrogen-bond acceptors (Lipinski definition) is 2. The topological polar surface area (TPSA) is 12.5 Å². The normalized spacial score (nSPS) is 19.6. The van der Waals surface area contributed by atoms with Gasteiger partial charge in [0.1, 0.15) is 6.28 Å². The number of rotatable bonds is 3. The van der Waals surface area contributed by atoms with Gasteiger partial charge >= 0.3 is 7.05 Å². The molecule has 0 spiro atoms. The van der Waals surface area contributed by atoms with Crippen LogP contribution in [0.3, 0.4) is 0 Å². The van der Waals surface area contributed by atoms with E-state index in [9.17, 15) is 0 Å². The van der Waals surface area contributed by atoms with Crippen LogP contribution in [0, 0.1) is 11.7 Å². The van der Waals surface area contributed by atoms with E-state index in [1.165, 1.54) is 11.1 Å². The van der Waals surface area contributed by atoms with Crippen molar-refractivity contribution < 1.29 is 4.65 Å². The average Bonchev–Trinajstić information content (AvgIpc) is 3.12. The molecular formula is C25H26B2NO-. The minimum Gasteiger partial charge on any atom is -0.474 e. The van der Waals surface area contributed by atoms with Crippen LogP contribution < -0.4 is 0 Å². The first-order chi connectivity index (χ1) is 14.1. The minimum absolute atomic E-state index is 0.0201. The Morgan fingerprint density at radius 1 is 0.793 bits per heavy atom. The number of nitrogens with zero attached hydrogens (tertiary/aromatic N) is 1. The van der Waals surface area contributed by atoms with Crippen LogP contribution in [-0.2, 0) is 4.65 Å². The maximum Gasteiger partial charge on any atom is 0.340 e. The average molecular weight is 378 g/mol. The first-order valence-corrected chi connectivity index (χ1v) is 10.4. The van der Waals surface area contributed by atoms with Crippen molar-refractivity contribution in [3.63, 3.8) is 0 Å². The van der Waals surface area contributed by atoms with E-state index in [0.29, 0.717) is 0 Å². The van der Waals surface area contributed by atoms with Crippen LogP contribution >= 0.6 is 0 Å². The smallest absolute Gasteiger partial charge is 0.340 e. The van der Waals surface area contributed by atoms with Gasteiger partial charge in [-0.1, -0.05) is 78.9 Å². The molecule has 4 rings (SSSR count). The van der Waals surface area contributed by atoms with Gasteiger partial charge in [0.05, 0.1) is 6.10 Å². The molecule has 3 aromatic rings. The van der Waals surface area contributed by atoms with Crippen LogP contribution in [0.1, 0.15) is 28.8 Å². The first kappa shape index (κ1) is 19.6. The Hall–Kier alpha value is -2.73. The Kier molecular flexibility index (Phi) is 5.62. The fourth-order valence-corrected chi connectivity index (χ4v) is 4.42. The van der Waals surface area contributed by atoms with Gasteiger partial charge in [0.25, 0.3) is 0 Å². The molecular weight excluding hydrogens is 352 g/mol. The van der Waals surface area contributed by atoms with E-state index in [4.69, 9.17) is 4.65 Å². The second-order valence-electron chi connectivity index (χ2n) is 8.30. The molecule has 3 aromatic carbocycles. The maximum atomic E-state index is 6.54. The van der Waals surface area contributed by atoms with Gasteiger partial charge in [-0.05, 0) is 30.1 Å². The standard InChI is InChI=1S/C25H26B2NO/c1-26-28(27(2,3)20-19-21-13-7-4-8-14-21)24(22-15-9-5-10-16-22)25(29-26)23-17-11-6-12-18-23/h4-18,24-25H,1-3H3/q-1/t24-,25+/m0/s1. The van der Waals surface area contributed by atoms with Crippen molar-refractivity contribution in [2.75, 3.05) is 0 Å². The molecule has 0 bridgehead atoms. The van der Waals surface area contributed by atoms with Crippen LogP contribution in [-0.4, -0.2) is 18.1 Å². The molecule has 2 atom stereocenters. The summed E-state index contributed by atoms with van der Waals surface area (Å²) in [4.78, 5) is 0. The molecule has 1 heterocycles. The van der Waals surface area contributed by atoms with Gasteiger partial charge in [-0.2, -0.15) is 13.6 Å². The van der Waals surface area contributed by atoms with Crippen molar-refractivity contribution in [3.8, 4) is 11.7 Å². The molecule has 1 fully saturated rings. The highest BCUT2D eigenvalue weighted by Crippen LogP contribution is 2.45. The molecule has 0 unspecified atom stereocenters. The summed E-state index contributed by atoms with van der Waals surface area (Å²) < 4.78 is 9.01. The van der Waals surface area contributed by atoms with Crippen LogP contribution in [0.25, 0.3) is 0 Å². The fourth-order valence-electron chi connectivity index (χ4n) is 4.42. The Balaban J connectivity index is 1.75. The van der Waals surface area contributed by atoms with E-state index in [2.05, 4.69) is 110 Å². The molecule has 0 amide bonds. The second kappa shape index (κ2) is 8.33. The first-order valence-electron chi connectivity index (χ1n) is 10.4. The van der Waals surface area contributed by atoms with Gasteiger partial charge in [0, 0.05) is 11.6 Å². The molecule has 0 aromatic heterocycles. The molecule has 0 N–H and O–H groups in total. The summed E-state index contributed by atoms with van der Waals surface area (Å²) in [7, 11) is -0.0227. The van der Waals surface area contributed by atoms with E-state index < -0.39 is 6.28 Å². The highest BCUT2D eigenvalue weighted by Gasteiger charge is 2.45. The maximum absolute atomic E-state index is 6.54. The summed E-state index contributed by atoms with van der Waals surface area (Å²) in [5.74, 6) is 6.97. The highest BCUT2D eigenvalue weighted by atomic mass is 16.5. The van der Waals surface area contributed by atoms with Crippen molar-refractivity contribution in [2.24, 2.45) is 0 Å². The minimum atomic E-state index is -1.14. The third-order valence-electron chi connectivity index (χ3n) is 5.73. The SMILES string of the molecule is CB1O[C@H](c2ccccc2)[C@H](c2ccccc2)N1[B-](C)(C)C#Cc1ccccc1. The van der Waals surface area contributed by atoms with Crippen LogP contribution in [0.4, 0.5) is 0 Å². The van der Waals surface area contributed by atoms with Gasteiger partial charge < -0.3 is 9.38 Å². The van der Waals surface area contributed by atoms with Crippen LogP contribution in [0.5, 0.6) is 0 Å². The highest BCUT2D eigenvalue weighted by molar-refractivity contribution is 6.88. The zero-order valence-corrected chi connectivity index (χ0v) is 17.3. The largest absolute Gasteiger partial charge is 0.474 e. The Labute approximate surface area is 175 Å². The summed E-state index contributed by atoms with van der Waals surface area (Å²) >= 11 is 0. The predicted octanol–water partition coefficient (Wildman–Crippen LogP) is 5.72. The van der Waals surface area contributed by atoms with E-state index in [0.717, 1.165) is 5.56 Å².